The maximum atomic E-state index is 12.5. The Hall–Kier alpha value is -1.67. The zero-order valence-electron chi connectivity index (χ0n) is 14.0. The van der Waals surface area contributed by atoms with Crippen LogP contribution >= 0.6 is 0 Å². The molecule has 3 rings (SSSR count). The Labute approximate surface area is 141 Å². The van der Waals surface area contributed by atoms with Crippen molar-refractivity contribution in [1.29, 1.82) is 0 Å². The fraction of sp³-hybridized carbons (Fsp3) is 0.812. The molecule has 0 aromatic carbocycles. The largest absolute Gasteiger partial charge is 0.368 e. The van der Waals surface area contributed by atoms with E-state index in [1.54, 1.807) is 4.90 Å². The lowest BCUT2D eigenvalue weighted by atomic mass is 9.72. The number of ether oxygens (including phenoxy) is 1. The van der Waals surface area contributed by atoms with E-state index in [1.807, 2.05) is 4.90 Å². The van der Waals surface area contributed by atoms with Crippen molar-refractivity contribution < 1.29 is 19.1 Å². The molecule has 3 N–H and O–H groups in total. The smallest absolute Gasteiger partial charge is 0.253 e. The summed E-state index contributed by atoms with van der Waals surface area (Å²) in [6.45, 7) is 3.84. The van der Waals surface area contributed by atoms with E-state index in [2.05, 4.69) is 5.32 Å². The van der Waals surface area contributed by atoms with Gasteiger partial charge >= 0.3 is 0 Å². The molecular weight excluding hydrogens is 312 g/mol. The second kappa shape index (κ2) is 7.06. The summed E-state index contributed by atoms with van der Waals surface area (Å²) in [5.74, 6) is -0.424. The Kier molecular flexibility index (Phi) is 5.05. The fourth-order valence-corrected chi connectivity index (χ4v) is 3.97. The van der Waals surface area contributed by atoms with Crippen LogP contribution in [0.3, 0.4) is 0 Å². The highest BCUT2D eigenvalue weighted by Crippen LogP contribution is 2.40. The van der Waals surface area contributed by atoms with E-state index in [1.165, 1.54) is 0 Å². The number of carbonyl (C=O) groups excluding carboxylic acids is 3. The maximum Gasteiger partial charge on any atom is 0.253 e. The summed E-state index contributed by atoms with van der Waals surface area (Å²) in [6, 6.07) is 0. The normalized spacial score (nSPS) is 27.3. The van der Waals surface area contributed by atoms with Gasteiger partial charge in [0, 0.05) is 39.1 Å². The van der Waals surface area contributed by atoms with E-state index < -0.39 is 5.91 Å². The monoisotopic (exact) mass is 338 g/mol. The number of likely N-dealkylation sites (tertiary alicyclic amines) is 2. The highest BCUT2D eigenvalue weighted by Gasteiger charge is 2.42. The Morgan fingerprint density at radius 2 is 2.04 bits per heavy atom. The van der Waals surface area contributed by atoms with Crippen molar-refractivity contribution in [2.75, 3.05) is 45.9 Å². The Morgan fingerprint density at radius 1 is 1.29 bits per heavy atom. The molecule has 0 aliphatic carbocycles. The van der Waals surface area contributed by atoms with Crippen LogP contribution in [0.25, 0.3) is 0 Å². The molecule has 3 fully saturated rings. The van der Waals surface area contributed by atoms with E-state index in [0.717, 1.165) is 25.8 Å². The van der Waals surface area contributed by atoms with Gasteiger partial charge in [0.2, 0.25) is 11.8 Å². The van der Waals surface area contributed by atoms with Gasteiger partial charge in [0.15, 0.2) is 0 Å². The molecule has 8 heteroatoms. The fourth-order valence-electron chi connectivity index (χ4n) is 3.97. The van der Waals surface area contributed by atoms with Crippen LogP contribution in [0.4, 0.5) is 0 Å². The van der Waals surface area contributed by atoms with Gasteiger partial charge in [0.05, 0.1) is 13.2 Å². The molecule has 8 nitrogen and oxygen atoms in total. The minimum absolute atomic E-state index is 0.000360. The number of nitrogens with two attached hydrogens (primary N) is 1. The average Bonchev–Trinajstić information content (AvgIpc) is 2.59. The summed E-state index contributed by atoms with van der Waals surface area (Å²) < 4.78 is 5.55. The number of carbonyl (C=O) groups is 3. The van der Waals surface area contributed by atoms with Gasteiger partial charge in [-0.25, -0.2) is 0 Å². The molecule has 134 valence electrons. The number of nitrogens with one attached hydrogen (secondary N) is 1. The molecule has 1 atom stereocenters. The van der Waals surface area contributed by atoms with E-state index in [9.17, 15) is 14.4 Å². The molecular formula is C16H26N4O4. The first kappa shape index (κ1) is 17.2. The van der Waals surface area contributed by atoms with Crippen molar-refractivity contribution in [1.82, 2.24) is 15.1 Å². The molecule has 0 unspecified atom stereocenters. The second-order valence-corrected chi connectivity index (χ2v) is 7.10. The summed E-state index contributed by atoms with van der Waals surface area (Å²) >= 11 is 0. The van der Waals surface area contributed by atoms with Crippen molar-refractivity contribution >= 4 is 17.7 Å². The molecule has 3 saturated heterocycles. The number of hydrogen-bond donors (Lipinski definition) is 2. The number of morpholine rings is 1. The molecule has 1 spiro atoms. The number of primary amides is 1. The average molecular weight is 338 g/mol. The lowest BCUT2D eigenvalue weighted by molar-refractivity contribution is -0.151. The van der Waals surface area contributed by atoms with E-state index in [0.29, 0.717) is 39.2 Å². The third kappa shape index (κ3) is 3.70. The first-order valence-electron chi connectivity index (χ1n) is 8.66. The molecule has 3 heterocycles. The Morgan fingerprint density at radius 3 is 2.67 bits per heavy atom. The van der Waals surface area contributed by atoms with Crippen molar-refractivity contribution in [3.63, 3.8) is 0 Å². The van der Waals surface area contributed by atoms with E-state index in [-0.39, 0.29) is 29.9 Å². The molecule has 3 aliphatic rings. The molecule has 0 bridgehead atoms. The van der Waals surface area contributed by atoms with Crippen LogP contribution in [0, 0.1) is 5.41 Å². The van der Waals surface area contributed by atoms with Crippen LogP contribution in [0.15, 0.2) is 0 Å². The summed E-state index contributed by atoms with van der Waals surface area (Å²) in [5, 5.41) is 3.18. The zero-order valence-corrected chi connectivity index (χ0v) is 14.0. The SMILES string of the molecule is NC(=O)CN1CC2(CCC1=O)CCN(C(=O)[C@@H]1CNCCO1)CC2. The van der Waals surface area contributed by atoms with Crippen molar-refractivity contribution in [2.45, 2.75) is 31.8 Å². The first-order chi connectivity index (χ1) is 11.5. The summed E-state index contributed by atoms with van der Waals surface area (Å²) in [6.07, 6.45) is 2.59. The summed E-state index contributed by atoms with van der Waals surface area (Å²) in [5.41, 5.74) is 5.25. The first-order valence-corrected chi connectivity index (χ1v) is 8.66. The Balaban J connectivity index is 1.56. The van der Waals surface area contributed by atoms with Crippen LogP contribution in [-0.2, 0) is 19.1 Å². The van der Waals surface area contributed by atoms with Gasteiger partial charge in [-0.05, 0) is 24.7 Å². The van der Waals surface area contributed by atoms with Gasteiger partial charge in [-0.2, -0.15) is 0 Å². The number of nitrogens with zero attached hydrogens (tertiary/aromatic N) is 2. The second-order valence-electron chi connectivity index (χ2n) is 7.10. The van der Waals surface area contributed by atoms with E-state index >= 15 is 0 Å². The third-order valence-electron chi connectivity index (χ3n) is 5.43. The van der Waals surface area contributed by atoms with Gasteiger partial charge in [-0.15, -0.1) is 0 Å². The number of rotatable bonds is 3. The lowest BCUT2D eigenvalue weighted by Gasteiger charge is -2.47. The summed E-state index contributed by atoms with van der Waals surface area (Å²) in [7, 11) is 0. The van der Waals surface area contributed by atoms with Crippen molar-refractivity contribution in [2.24, 2.45) is 11.1 Å². The van der Waals surface area contributed by atoms with Crippen LogP contribution in [0.5, 0.6) is 0 Å². The quantitative estimate of drug-likeness (QED) is 0.665. The minimum atomic E-state index is -0.477. The highest BCUT2D eigenvalue weighted by atomic mass is 16.5. The maximum absolute atomic E-state index is 12.5. The van der Waals surface area contributed by atoms with E-state index in [4.69, 9.17) is 10.5 Å². The number of piperidine rings is 2. The molecule has 0 radical (unpaired) electrons. The molecule has 3 aliphatic heterocycles. The number of hydrogen-bond acceptors (Lipinski definition) is 5. The van der Waals surface area contributed by atoms with Gasteiger partial charge in [0.1, 0.15) is 6.10 Å². The van der Waals surface area contributed by atoms with Crippen LogP contribution in [0.2, 0.25) is 0 Å². The van der Waals surface area contributed by atoms with Crippen LogP contribution in [-0.4, -0.2) is 79.5 Å². The molecule has 0 saturated carbocycles. The standard InChI is InChI=1S/C16H26N4O4/c17-13(21)10-20-11-16(2-1-14(20)22)3-6-19(7-4-16)15(23)12-9-18-5-8-24-12/h12,18H,1-11H2,(H2,17,21)/t12-/m0/s1. The third-order valence-corrected chi connectivity index (χ3v) is 5.43. The molecule has 24 heavy (non-hydrogen) atoms. The minimum Gasteiger partial charge on any atom is -0.368 e. The summed E-state index contributed by atoms with van der Waals surface area (Å²) in [4.78, 5) is 39.1. The molecule has 0 aromatic rings. The lowest BCUT2D eigenvalue weighted by Crippen LogP contribution is -2.56. The predicted molar refractivity (Wildman–Crippen MR) is 85.9 cm³/mol. The van der Waals surface area contributed by atoms with Crippen molar-refractivity contribution in [3.8, 4) is 0 Å². The number of amides is 3. The zero-order chi connectivity index (χ0) is 17.2. The van der Waals surface area contributed by atoms with Crippen LogP contribution in [0.1, 0.15) is 25.7 Å². The predicted octanol–water partition coefficient (Wildman–Crippen LogP) is -1.31. The van der Waals surface area contributed by atoms with Gasteiger partial charge in [-0.1, -0.05) is 0 Å². The molecule has 3 amide bonds. The highest BCUT2D eigenvalue weighted by molar-refractivity contribution is 5.84. The van der Waals surface area contributed by atoms with Gasteiger partial charge in [0.25, 0.3) is 5.91 Å². The molecule has 0 aromatic heterocycles. The van der Waals surface area contributed by atoms with Crippen LogP contribution < -0.4 is 11.1 Å². The van der Waals surface area contributed by atoms with Gasteiger partial charge in [-0.3, -0.25) is 14.4 Å². The topological polar surface area (TPSA) is 105 Å². The van der Waals surface area contributed by atoms with Crippen molar-refractivity contribution in [3.05, 3.63) is 0 Å². The van der Waals surface area contributed by atoms with Gasteiger partial charge < -0.3 is 25.6 Å². The Bertz CT molecular complexity index is 510.